The van der Waals surface area contributed by atoms with E-state index in [1.165, 1.54) is 6.20 Å². The number of pyridine rings is 1. The summed E-state index contributed by atoms with van der Waals surface area (Å²) in [5.74, 6) is -0.651. The molecule has 1 unspecified atom stereocenters. The van der Waals surface area contributed by atoms with Gasteiger partial charge in [-0.2, -0.15) is 13.2 Å². The third kappa shape index (κ3) is 3.08. The van der Waals surface area contributed by atoms with E-state index < -0.39 is 12.3 Å². The molecule has 4 nitrogen and oxygen atoms in total. The Morgan fingerprint density at radius 3 is 2.59 bits per heavy atom. The highest BCUT2D eigenvalue weighted by molar-refractivity contribution is 5.98. The number of aromatic nitrogens is 1. The Balaban J connectivity index is 3.07. The van der Waals surface area contributed by atoms with E-state index in [4.69, 9.17) is 15.9 Å². The second kappa shape index (κ2) is 4.60. The first-order valence-corrected chi connectivity index (χ1v) is 4.77. The molecule has 0 saturated carbocycles. The van der Waals surface area contributed by atoms with Crippen molar-refractivity contribution in [1.29, 1.82) is 5.41 Å². The van der Waals surface area contributed by atoms with Crippen LogP contribution in [0.2, 0.25) is 0 Å². The summed E-state index contributed by atoms with van der Waals surface area (Å²) in [6.45, 7) is 2.48. The fraction of sp³-hybridized carbons (Fsp3) is 0.400. The normalized spacial score (nSPS) is 13.2. The van der Waals surface area contributed by atoms with Gasteiger partial charge in [-0.15, -0.1) is 0 Å². The quantitative estimate of drug-likeness (QED) is 0.633. The number of ether oxygens (including phenoxy) is 1. The van der Waals surface area contributed by atoms with Crippen LogP contribution < -0.4 is 10.5 Å². The summed E-state index contributed by atoms with van der Waals surface area (Å²) < 4.78 is 41.7. The van der Waals surface area contributed by atoms with Gasteiger partial charge >= 0.3 is 6.18 Å². The zero-order chi connectivity index (χ0) is 13.2. The highest BCUT2D eigenvalue weighted by Crippen LogP contribution is 2.26. The van der Waals surface area contributed by atoms with E-state index in [1.54, 1.807) is 13.0 Å². The maximum Gasteiger partial charge on any atom is 0.425 e. The maximum atomic E-state index is 12.3. The Bertz CT molecular complexity index is 431. The van der Waals surface area contributed by atoms with E-state index >= 15 is 0 Å². The smallest absolute Gasteiger partial charge is 0.425 e. The zero-order valence-corrected chi connectivity index (χ0v) is 9.30. The molecule has 3 N–H and O–H groups in total. The molecule has 0 bridgehead atoms. The topological polar surface area (TPSA) is 72.0 Å². The van der Waals surface area contributed by atoms with Crippen molar-refractivity contribution in [2.24, 2.45) is 5.73 Å². The lowest BCUT2D eigenvalue weighted by Gasteiger charge is -2.19. The van der Waals surface area contributed by atoms with Crippen molar-refractivity contribution in [3.05, 3.63) is 23.4 Å². The summed E-state index contributed by atoms with van der Waals surface area (Å²) in [5.41, 5.74) is 5.91. The molecule has 0 aliphatic carbocycles. The average Bonchev–Trinajstić information content (AvgIpc) is 2.15. The van der Waals surface area contributed by atoms with Crippen LogP contribution in [-0.2, 0) is 0 Å². The van der Waals surface area contributed by atoms with Crippen molar-refractivity contribution in [2.45, 2.75) is 26.1 Å². The van der Waals surface area contributed by atoms with Gasteiger partial charge in [0.1, 0.15) is 5.84 Å². The molecular weight excluding hydrogens is 235 g/mol. The van der Waals surface area contributed by atoms with Gasteiger partial charge in [-0.05, 0) is 25.5 Å². The number of nitrogen functional groups attached to an aromatic ring is 1. The summed E-state index contributed by atoms with van der Waals surface area (Å²) in [5, 5.41) is 7.29. The second-order valence-corrected chi connectivity index (χ2v) is 3.52. The number of rotatable bonds is 3. The lowest BCUT2D eigenvalue weighted by atomic mass is 10.1. The molecule has 1 aromatic rings. The van der Waals surface area contributed by atoms with Gasteiger partial charge in [0.25, 0.3) is 0 Å². The zero-order valence-electron chi connectivity index (χ0n) is 9.30. The van der Waals surface area contributed by atoms with Gasteiger partial charge in [0.15, 0.2) is 6.10 Å². The van der Waals surface area contributed by atoms with Crippen LogP contribution in [0.25, 0.3) is 0 Å². The van der Waals surface area contributed by atoms with Crippen molar-refractivity contribution in [1.82, 2.24) is 4.98 Å². The number of nitrogens with zero attached hydrogens (tertiary/aromatic N) is 1. The molecule has 94 valence electrons. The van der Waals surface area contributed by atoms with Crippen LogP contribution >= 0.6 is 0 Å². The molecule has 0 spiro atoms. The number of amidine groups is 1. The van der Waals surface area contributed by atoms with Crippen molar-refractivity contribution in [3.8, 4) is 5.88 Å². The predicted molar refractivity (Wildman–Crippen MR) is 56.1 cm³/mol. The van der Waals surface area contributed by atoms with Gasteiger partial charge in [-0.1, -0.05) is 0 Å². The van der Waals surface area contributed by atoms with Crippen LogP contribution in [-0.4, -0.2) is 23.1 Å². The van der Waals surface area contributed by atoms with Gasteiger partial charge in [-0.25, -0.2) is 4.98 Å². The molecular formula is C10H12F3N3O. The Labute approximate surface area is 96.1 Å². The molecule has 0 aromatic carbocycles. The Hall–Kier alpha value is -1.79. The van der Waals surface area contributed by atoms with E-state index in [9.17, 15) is 13.2 Å². The number of hydrogen-bond acceptors (Lipinski definition) is 3. The monoisotopic (exact) mass is 247 g/mol. The molecule has 0 aliphatic heterocycles. The number of aryl methyl sites for hydroxylation is 1. The molecule has 0 amide bonds. The van der Waals surface area contributed by atoms with E-state index in [-0.39, 0.29) is 17.3 Å². The Morgan fingerprint density at radius 1 is 1.53 bits per heavy atom. The number of nitrogens with two attached hydrogens (primary N) is 1. The number of hydrogen-bond donors (Lipinski definition) is 2. The Morgan fingerprint density at radius 2 is 2.12 bits per heavy atom. The lowest BCUT2D eigenvalue weighted by Crippen LogP contribution is -2.32. The molecule has 1 atom stereocenters. The van der Waals surface area contributed by atoms with Gasteiger partial charge in [0.05, 0.1) is 5.56 Å². The van der Waals surface area contributed by atoms with Crippen LogP contribution in [0.3, 0.4) is 0 Å². The van der Waals surface area contributed by atoms with E-state index in [0.717, 1.165) is 6.92 Å². The van der Waals surface area contributed by atoms with Crippen LogP contribution in [0.15, 0.2) is 12.3 Å². The van der Waals surface area contributed by atoms with Crippen LogP contribution in [0.4, 0.5) is 13.2 Å². The summed E-state index contributed by atoms with van der Waals surface area (Å²) in [6, 6.07) is 1.54. The molecule has 1 rings (SSSR count). The molecule has 0 aliphatic rings. The molecule has 7 heteroatoms. The van der Waals surface area contributed by atoms with Crippen LogP contribution in [0.5, 0.6) is 5.88 Å². The number of halogens is 3. The van der Waals surface area contributed by atoms with Crippen molar-refractivity contribution in [2.75, 3.05) is 0 Å². The van der Waals surface area contributed by atoms with E-state index in [1.807, 2.05) is 0 Å². The summed E-state index contributed by atoms with van der Waals surface area (Å²) in [7, 11) is 0. The van der Waals surface area contributed by atoms with Crippen molar-refractivity contribution in [3.63, 3.8) is 0 Å². The Kier molecular flexibility index (Phi) is 3.59. The minimum atomic E-state index is -4.49. The van der Waals surface area contributed by atoms with Gasteiger partial charge in [0, 0.05) is 6.20 Å². The standard InChI is InChI=1S/C10H12F3N3O/c1-5-3-4-16-9(7(5)8(14)15)17-6(2)10(11,12)13/h3-4,6H,1-2H3,(H3,14,15). The summed E-state index contributed by atoms with van der Waals surface area (Å²) in [4.78, 5) is 3.67. The fourth-order valence-electron chi connectivity index (χ4n) is 1.18. The van der Waals surface area contributed by atoms with Crippen molar-refractivity contribution >= 4 is 5.84 Å². The average molecular weight is 247 g/mol. The highest BCUT2D eigenvalue weighted by atomic mass is 19.4. The van der Waals surface area contributed by atoms with Gasteiger partial charge in [-0.3, -0.25) is 5.41 Å². The molecule has 17 heavy (non-hydrogen) atoms. The molecule has 1 aromatic heterocycles. The molecule has 0 radical (unpaired) electrons. The fourth-order valence-corrected chi connectivity index (χ4v) is 1.18. The van der Waals surface area contributed by atoms with Crippen molar-refractivity contribution < 1.29 is 17.9 Å². The number of alkyl halides is 3. The van der Waals surface area contributed by atoms with E-state index in [2.05, 4.69) is 4.98 Å². The first-order chi connectivity index (χ1) is 7.73. The van der Waals surface area contributed by atoms with Crippen LogP contribution in [0, 0.1) is 12.3 Å². The lowest BCUT2D eigenvalue weighted by molar-refractivity contribution is -0.190. The minimum absolute atomic E-state index is 0.0867. The predicted octanol–water partition coefficient (Wildman–Crippen LogP) is 2.00. The van der Waals surface area contributed by atoms with Crippen LogP contribution in [0.1, 0.15) is 18.1 Å². The molecule has 0 saturated heterocycles. The maximum absolute atomic E-state index is 12.3. The minimum Gasteiger partial charge on any atom is -0.464 e. The highest BCUT2D eigenvalue weighted by Gasteiger charge is 2.38. The SMILES string of the molecule is Cc1ccnc(OC(C)C(F)(F)F)c1C(=N)N. The largest absolute Gasteiger partial charge is 0.464 e. The van der Waals surface area contributed by atoms with E-state index in [0.29, 0.717) is 5.56 Å². The first kappa shape index (κ1) is 13.3. The third-order valence-electron chi connectivity index (χ3n) is 2.14. The van der Waals surface area contributed by atoms with Gasteiger partial charge < -0.3 is 10.5 Å². The second-order valence-electron chi connectivity index (χ2n) is 3.52. The number of nitrogens with one attached hydrogen (secondary N) is 1. The third-order valence-corrected chi connectivity index (χ3v) is 2.14. The van der Waals surface area contributed by atoms with Gasteiger partial charge in [0.2, 0.25) is 5.88 Å². The molecule has 1 heterocycles. The summed E-state index contributed by atoms with van der Waals surface area (Å²) >= 11 is 0. The first-order valence-electron chi connectivity index (χ1n) is 4.77. The summed E-state index contributed by atoms with van der Waals surface area (Å²) in [6.07, 6.45) is -5.19. The molecule has 0 fully saturated rings.